The zero-order valence-electron chi connectivity index (χ0n) is 7.87. The van der Waals surface area contributed by atoms with E-state index in [1.165, 1.54) is 12.1 Å². The summed E-state index contributed by atoms with van der Waals surface area (Å²) in [5.74, 6) is -0.295. The van der Waals surface area contributed by atoms with Gasteiger partial charge in [0.15, 0.2) is 0 Å². The lowest BCUT2D eigenvalue weighted by Crippen LogP contribution is -2.23. The predicted molar refractivity (Wildman–Crippen MR) is 50.2 cm³/mol. The van der Waals surface area contributed by atoms with Crippen LogP contribution in [0.1, 0.15) is 11.6 Å². The van der Waals surface area contributed by atoms with Crippen molar-refractivity contribution in [1.29, 1.82) is 0 Å². The first-order valence-corrected chi connectivity index (χ1v) is 4.22. The molecule has 0 bridgehead atoms. The van der Waals surface area contributed by atoms with Gasteiger partial charge >= 0.3 is 0 Å². The van der Waals surface area contributed by atoms with E-state index >= 15 is 0 Å². The van der Waals surface area contributed by atoms with E-state index in [0.717, 1.165) is 5.56 Å². The second kappa shape index (κ2) is 5.34. The molecular weight excluding hydrogens is 185 g/mol. The zero-order valence-corrected chi connectivity index (χ0v) is 7.87. The molecule has 1 N–H and O–H groups in total. The standard InChI is InChI=1S/C10H12FNO2/c1-14-6-10(12-7-13)8-2-4-9(11)5-3-8/h2-5,7,10H,6H2,1H3,(H,12,13). The van der Waals surface area contributed by atoms with Crippen molar-refractivity contribution in [3.63, 3.8) is 0 Å². The number of hydrogen-bond donors (Lipinski definition) is 1. The quantitative estimate of drug-likeness (QED) is 0.721. The Morgan fingerprint density at radius 2 is 2.14 bits per heavy atom. The molecule has 1 rings (SSSR count). The van der Waals surface area contributed by atoms with Crippen molar-refractivity contribution in [2.45, 2.75) is 6.04 Å². The van der Waals surface area contributed by atoms with E-state index in [1.54, 1.807) is 19.2 Å². The van der Waals surface area contributed by atoms with Gasteiger partial charge in [0, 0.05) is 7.11 Å². The third-order valence-corrected chi connectivity index (χ3v) is 1.87. The minimum atomic E-state index is -0.295. The molecular formula is C10H12FNO2. The van der Waals surface area contributed by atoms with Gasteiger partial charge in [-0.05, 0) is 17.7 Å². The van der Waals surface area contributed by atoms with Crippen LogP contribution in [0, 0.1) is 5.82 Å². The molecule has 0 heterocycles. The van der Waals surface area contributed by atoms with Crippen LogP contribution in [0.3, 0.4) is 0 Å². The Kier molecular flexibility index (Phi) is 4.07. The Morgan fingerprint density at radius 1 is 1.50 bits per heavy atom. The number of ether oxygens (including phenoxy) is 1. The van der Waals surface area contributed by atoms with Crippen molar-refractivity contribution in [3.8, 4) is 0 Å². The predicted octanol–water partition coefficient (Wildman–Crippen LogP) is 1.26. The molecule has 0 radical (unpaired) electrons. The van der Waals surface area contributed by atoms with Gasteiger partial charge in [0.1, 0.15) is 5.82 Å². The van der Waals surface area contributed by atoms with Gasteiger partial charge in [-0.25, -0.2) is 4.39 Å². The molecule has 1 aromatic carbocycles. The van der Waals surface area contributed by atoms with Gasteiger partial charge in [0.05, 0.1) is 12.6 Å². The van der Waals surface area contributed by atoms with Crippen molar-refractivity contribution >= 4 is 6.41 Å². The number of amides is 1. The maximum absolute atomic E-state index is 12.6. The highest BCUT2D eigenvalue weighted by molar-refractivity contribution is 5.47. The Labute approximate surface area is 81.9 Å². The Bertz CT molecular complexity index is 287. The van der Waals surface area contributed by atoms with Crippen LogP contribution in [-0.4, -0.2) is 20.1 Å². The second-order valence-electron chi connectivity index (χ2n) is 2.84. The van der Waals surface area contributed by atoms with Crippen molar-refractivity contribution in [3.05, 3.63) is 35.6 Å². The van der Waals surface area contributed by atoms with Crippen molar-refractivity contribution in [1.82, 2.24) is 5.32 Å². The highest BCUT2D eigenvalue weighted by atomic mass is 19.1. The SMILES string of the molecule is COCC(NC=O)c1ccc(F)cc1. The smallest absolute Gasteiger partial charge is 0.207 e. The lowest BCUT2D eigenvalue weighted by atomic mass is 10.1. The number of carbonyl (C=O) groups excluding carboxylic acids is 1. The molecule has 0 saturated heterocycles. The molecule has 4 heteroatoms. The molecule has 76 valence electrons. The Balaban J connectivity index is 2.76. The number of nitrogens with one attached hydrogen (secondary N) is 1. The lowest BCUT2D eigenvalue weighted by molar-refractivity contribution is -0.110. The van der Waals surface area contributed by atoms with Gasteiger partial charge < -0.3 is 10.1 Å². The van der Waals surface area contributed by atoms with Gasteiger partial charge in [0.2, 0.25) is 6.41 Å². The molecule has 1 amide bonds. The number of hydrogen-bond acceptors (Lipinski definition) is 2. The molecule has 0 aliphatic heterocycles. The van der Waals surface area contributed by atoms with E-state index in [2.05, 4.69) is 5.32 Å². The van der Waals surface area contributed by atoms with Gasteiger partial charge in [-0.2, -0.15) is 0 Å². The zero-order chi connectivity index (χ0) is 10.4. The van der Waals surface area contributed by atoms with Crippen LogP contribution >= 0.6 is 0 Å². The average Bonchev–Trinajstić information content (AvgIpc) is 2.19. The topological polar surface area (TPSA) is 38.3 Å². The summed E-state index contributed by atoms with van der Waals surface area (Å²) >= 11 is 0. The maximum atomic E-state index is 12.6. The molecule has 1 unspecified atom stereocenters. The first-order valence-electron chi connectivity index (χ1n) is 4.22. The molecule has 0 saturated carbocycles. The summed E-state index contributed by atoms with van der Waals surface area (Å²) in [7, 11) is 1.54. The number of methoxy groups -OCH3 is 1. The summed E-state index contributed by atoms with van der Waals surface area (Å²) in [5, 5.41) is 2.59. The molecule has 1 aromatic rings. The highest BCUT2D eigenvalue weighted by Crippen LogP contribution is 2.13. The fraction of sp³-hybridized carbons (Fsp3) is 0.300. The normalized spacial score (nSPS) is 12.1. The van der Waals surface area contributed by atoms with E-state index in [4.69, 9.17) is 4.74 Å². The van der Waals surface area contributed by atoms with Gasteiger partial charge in [0.25, 0.3) is 0 Å². The van der Waals surface area contributed by atoms with Crippen molar-refractivity contribution in [2.24, 2.45) is 0 Å². The monoisotopic (exact) mass is 197 g/mol. The van der Waals surface area contributed by atoms with E-state index in [9.17, 15) is 9.18 Å². The number of carbonyl (C=O) groups is 1. The summed E-state index contributed by atoms with van der Waals surface area (Å²) in [4.78, 5) is 10.3. The highest BCUT2D eigenvalue weighted by Gasteiger charge is 2.09. The first kappa shape index (κ1) is 10.7. The van der Waals surface area contributed by atoms with E-state index in [-0.39, 0.29) is 11.9 Å². The van der Waals surface area contributed by atoms with Gasteiger partial charge in [-0.3, -0.25) is 4.79 Å². The fourth-order valence-electron chi connectivity index (χ4n) is 1.18. The fourth-order valence-corrected chi connectivity index (χ4v) is 1.18. The van der Waals surface area contributed by atoms with Crippen LogP contribution in [0.4, 0.5) is 4.39 Å². The lowest BCUT2D eigenvalue weighted by Gasteiger charge is -2.14. The first-order chi connectivity index (χ1) is 6.77. The van der Waals surface area contributed by atoms with Crippen LogP contribution in [0.5, 0.6) is 0 Å². The minimum absolute atomic E-state index is 0.224. The molecule has 0 aliphatic carbocycles. The minimum Gasteiger partial charge on any atom is -0.382 e. The van der Waals surface area contributed by atoms with Crippen molar-refractivity contribution < 1.29 is 13.9 Å². The second-order valence-corrected chi connectivity index (χ2v) is 2.84. The third-order valence-electron chi connectivity index (χ3n) is 1.87. The molecule has 0 fully saturated rings. The molecule has 3 nitrogen and oxygen atoms in total. The molecule has 1 atom stereocenters. The van der Waals surface area contributed by atoms with E-state index in [1.807, 2.05) is 0 Å². The third kappa shape index (κ3) is 2.81. The maximum Gasteiger partial charge on any atom is 0.207 e. The number of rotatable bonds is 5. The Hall–Kier alpha value is -1.42. The van der Waals surface area contributed by atoms with Crippen LogP contribution in [0.2, 0.25) is 0 Å². The Morgan fingerprint density at radius 3 is 2.64 bits per heavy atom. The van der Waals surface area contributed by atoms with E-state index in [0.29, 0.717) is 13.0 Å². The summed E-state index contributed by atoms with van der Waals surface area (Å²) in [5.41, 5.74) is 0.820. The van der Waals surface area contributed by atoms with Crippen LogP contribution < -0.4 is 5.32 Å². The largest absolute Gasteiger partial charge is 0.382 e. The molecule has 0 aliphatic rings. The molecule has 0 spiro atoms. The average molecular weight is 197 g/mol. The van der Waals surface area contributed by atoms with Gasteiger partial charge in [-0.15, -0.1) is 0 Å². The van der Waals surface area contributed by atoms with E-state index < -0.39 is 0 Å². The van der Waals surface area contributed by atoms with Crippen LogP contribution in [0.25, 0.3) is 0 Å². The summed E-state index contributed by atoms with van der Waals surface area (Å²) in [6, 6.07) is 5.72. The molecule has 14 heavy (non-hydrogen) atoms. The van der Waals surface area contributed by atoms with Crippen LogP contribution in [-0.2, 0) is 9.53 Å². The van der Waals surface area contributed by atoms with Crippen molar-refractivity contribution in [2.75, 3.05) is 13.7 Å². The summed E-state index contributed by atoms with van der Waals surface area (Å²) in [6.45, 7) is 0.365. The summed E-state index contributed by atoms with van der Waals surface area (Å²) < 4.78 is 17.5. The number of benzene rings is 1. The molecule has 0 aromatic heterocycles. The summed E-state index contributed by atoms with van der Waals surface area (Å²) in [6.07, 6.45) is 0.604. The van der Waals surface area contributed by atoms with Crippen LogP contribution in [0.15, 0.2) is 24.3 Å². The number of halogens is 1. The van der Waals surface area contributed by atoms with Gasteiger partial charge in [-0.1, -0.05) is 12.1 Å².